The van der Waals surface area contributed by atoms with Gasteiger partial charge in [-0.25, -0.2) is 4.99 Å². The lowest BCUT2D eigenvalue weighted by molar-refractivity contribution is -0.117. The maximum atomic E-state index is 11.2. The van der Waals surface area contributed by atoms with Gasteiger partial charge in [-0.1, -0.05) is 58.0 Å². The first kappa shape index (κ1) is 17.7. The summed E-state index contributed by atoms with van der Waals surface area (Å²) in [6, 6.07) is 9.47. The number of carbonyl (C=O) groups is 1. The zero-order chi connectivity index (χ0) is 13.7. The van der Waals surface area contributed by atoms with E-state index in [1.807, 2.05) is 58.0 Å². The number of amidine groups is 1. The molecular formula is C14H24N2O. The predicted octanol–water partition coefficient (Wildman–Crippen LogP) is 3.19. The average molecular weight is 236 g/mol. The Labute approximate surface area is 105 Å². The molecule has 0 bridgehead atoms. The van der Waals surface area contributed by atoms with E-state index < -0.39 is 0 Å². The van der Waals surface area contributed by atoms with Gasteiger partial charge in [-0.2, -0.15) is 0 Å². The van der Waals surface area contributed by atoms with E-state index in [2.05, 4.69) is 4.99 Å². The summed E-state index contributed by atoms with van der Waals surface area (Å²) >= 11 is 0. The van der Waals surface area contributed by atoms with E-state index in [0.29, 0.717) is 12.3 Å². The molecule has 96 valence electrons. The van der Waals surface area contributed by atoms with Gasteiger partial charge in [0.05, 0.1) is 12.3 Å². The van der Waals surface area contributed by atoms with E-state index >= 15 is 0 Å². The number of hydrogen-bond donors (Lipinski definition) is 1. The molecule has 0 aliphatic heterocycles. The van der Waals surface area contributed by atoms with Crippen molar-refractivity contribution in [1.82, 2.24) is 0 Å². The Morgan fingerprint density at radius 2 is 1.59 bits per heavy atom. The number of carbonyl (C=O) groups excluding carboxylic acids is 1. The van der Waals surface area contributed by atoms with Crippen LogP contribution in [-0.4, -0.2) is 11.7 Å². The van der Waals surface area contributed by atoms with E-state index in [4.69, 9.17) is 5.73 Å². The molecule has 1 amide bonds. The van der Waals surface area contributed by atoms with Gasteiger partial charge in [0.1, 0.15) is 0 Å². The zero-order valence-corrected chi connectivity index (χ0v) is 11.5. The van der Waals surface area contributed by atoms with Crippen LogP contribution in [0.15, 0.2) is 35.3 Å². The molecule has 0 aliphatic carbocycles. The van der Waals surface area contributed by atoms with Gasteiger partial charge in [-0.15, -0.1) is 0 Å². The van der Waals surface area contributed by atoms with Crippen molar-refractivity contribution in [3.63, 3.8) is 0 Å². The molecular weight excluding hydrogens is 212 g/mol. The van der Waals surface area contributed by atoms with Gasteiger partial charge < -0.3 is 5.73 Å². The summed E-state index contributed by atoms with van der Waals surface area (Å²) in [6.45, 7) is 9.60. The molecule has 0 unspecified atom stereocenters. The van der Waals surface area contributed by atoms with Crippen LogP contribution in [0.4, 0.5) is 0 Å². The second-order valence-electron chi connectivity index (χ2n) is 2.81. The maximum Gasteiger partial charge on any atom is 0.251 e. The summed E-state index contributed by atoms with van der Waals surface area (Å²) in [5.74, 6) is 0.104. The van der Waals surface area contributed by atoms with Crippen molar-refractivity contribution in [2.75, 3.05) is 0 Å². The quantitative estimate of drug-likeness (QED) is 0.633. The Hall–Kier alpha value is -1.64. The third kappa shape index (κ3) is 10.6. The van der Waals surface area contributed by atoms with Crippen molar-refractivity contribution in [3.05, 3.63) is 35.9 Å². The zero-order valence-electron chi connectivity index (χ0n) is 11.5. The van der Waals surface area contributed by atoms with Crippen molar-refractivity contribution in [3.8, 4) is 0 Å². The summed E-state index contributed by atoms with van der Waals surface area (Å²) in [5.41, 5.74) is 6.23. The molecule has 17 heavy (non-hydrogen) atoms. The van der Waals surface area contributed by atoms with Gasteiger partial charge >= 0.3 is 0 Å². The summed E-state index contributed by atoms with van der Waals surface area (Å²) in [4.78, 5) is 14.8. The van der Waals surface area contributed by atoms with Crippen molar-refractivity contribution in [2.45, 2.75) is 41.0 Å². The minimum atomic E-state index is -0.203. The molecule has 0 aliphatic rings. The molecule has 1 aromatic rings. The molecule has 0 heterocycles. The summed E-state index contributed by atoms with van der Waals surface area (Å²) in [6.07, 6.45) is 0.315. The first-order chi connectivity index (χ1) is 8.18. The van der Waals surface area contributed by atoms with Crippen LogP contribution in [0, 0.1) is 0 Å². The van der Waals surface area contributed by atoms with Gasteiger partial charge in [0.2, 0.25) is 0 Å². The fourth-order valence-electron chi connectivity index (χ4n) is 1.01. The molecule has 3 nitrogen and oxygen atoms in total. The number of rotatable bonds is 2. The Bertz CT molecular complexity index is 314. The highest BCUT2D eigenvalue weighted by Crippen LogP contribution is 2.00. The lowest BCUT2D eigenvalue weighted by Crippen LogP contribution is -2.10. The highest BCUT2D eigenvalue weighted by atomic mass is 16.1. The van der Waals surface area contributed by atoms with Crippen molar-refractivity contribution in [1.29, 1.82) is 0 Å². The van der Waals surface area contributed by atoms with Gasteiger partial charge in [0.25, 0.3) is 5.91 Å². The lowest BCUT2D eigenvalue weighted by atomic mass is 10.1. The van der Waals surface area contributed by atoms with Crippen LogP contribution in [0.25, 0.3) is 0 Å². The van der Waals surface area contributed by atoms with Gasteiger partial charge in [0, 0.05) is 0 Å². The lowest BCUT2D eigenvalue weighted by Gasteiger charge is -1.96. The molecule has 0 spiro atoms. The standard InChI is InChI=1S/C10H12N2O.2C2H6/c1-8(11)12-10(13)7-9-5-3-2-4-6-9;2*1-2/h2-6H,7H2,1H3,(H2,11,12,13);2*1-2H3. The van der Waals surface area contributed by atoms with Crippen LogP contribution in [0.3, 0.4) is 0 Å². The average Bonchev–Trinajstić information content (AvgIpc) is 2.34. The molecule has 0 radical (unpaired) electrons. The highest BCUT2D eigenvalue weighted by Gasteiger charge is 2.00. The molecule has 0 fully saturated rings. The minimum absolute atomic E-state index is 0.203. The molecule has 1 aromatic carbocycles. The molecule has 0 atom stereocenters. The largest absolute Gasteiger partial charge is 0.387 e. The van der Waals surface area contributed by atoms with E-state index in [9.17, 15) is 4.79 Å². The van der Waals surface area contributed by atoms with Crippen LogP contribution in [0.2, 0.25) is 0 Å². The Kier molecular flexibility index (Phi) is 13.0. The van der Waals surface area contributed by atoms with Crippen LogP contribution < -0.4 is 5.73 Å². The Morgan fingerprint density at radius 3 is 2.00 bits per heavy atom. The fourth-order valence-corrected chi connectivity index (χ4v) is 1.01. The normalized spacial score (nSPS) is 9.35. The van der Waals surface area contributed by atoms with E-state index in [1.54, 1.807) is 6.92 Å². The monoisotopic (exact) mass is 236 g/mol. The molecule has 3 heteroatoms. The summed E-state index contributed by atoms with van der Waals surface area (Å²) < 4.78 is 0. The Morgan fingerprint density at radius 1 is 1.12 bits per heavy atom. The molecule has 2 N–H and O–H groups in total. The van der Waals surface area contributed by atoms with Gasteiger partial charge in [0.15, 0.2) is 0 Å². The number of nitrogens with zero attached hydrogens (tertiary/aromatic N) is 1. The number of hydrogen-bond acceptors (Lipinski definition) is 1. The predicted molar refractivity (Wildman–Crippen MR) is 75.1 cm³/mol. The molecule has 0 saturated heterocycles. The Balaban J connectivity index is 0. The number of benzene rings is 1. The molecule has 1 rings (SSSR count). The molecule has 0 aromatic heterocycles. The van der Waals surface area contributed by atoms with E-state index in [0.717, 1.165) is 5.56 Å². The van der Waals surface area contributed by atoms with Crippen molar-refractivity contribution < 1.29 is 4.79 Å². The maximum absolute atomic E-state index is 11.2. The van der Waals surface area contributed by atoms with Crippen molar-refractivity contribution >= 4 is 11.7 Å². The topological polar surface area (TPSA) is 55.4 Å². The van der Waals surface area contributed by atoms with Gasteiger partial charge in [-0.05, 0) is 12.5 Å². The number of aliphatic imine (C=N–C) groups is 1. The van der Waals surface area contributed by atoms with E-state index in [1.165, 1.54) is 0 Å². The van der Waals surface area contributed by atoms with Crippen LogP contribution in [0.1, 0.15) is 40.2 Å². The van der Waals surface area contributed by atoms with Crippen LogP contribution in [-0.2, 0) is 11.2 Å². The van der Waals surface area contributed by atoms with Crippen LogP contribution >= 0.6 is 0 Å². The van der Waals surface area contributed by atoms with Gasteiger partial charge in [-0.3, -0.25) is 4.79 Å². The fraction of sp³-hybridized carbons (Fsp3) is 0.429. The third-order valence-corrected chi connectivity index (χ3v) is 1.50. The van der Waals surface area contributed by atoms with Crippen LogP contribution in [0.5, 0.6) is 0 Å². The summed E-state index contributed by atoms with van der Waals surface area (Å²) in [5, 5.41) is 0. The number of nitrogens with two attached hydrogens (primary N) is 1. The summed E-state index contributed by atoms with van der Waals surface area (Å²) in [7, 11) is 0. The number of amides is 1. The van der Waals surface area contributed by atoms with Crippen molar-refractivity contribution in [2.24, 2.45) is 10.7 Å². The first-order valence-corrected chi connectivity index (χ1v) is 6.06. The highest BCUT2D eigenvalue weighted by molar-refractivity contribution is 5.93. The second-order valence-corrected chi connectivity index (χ2v) is 2.81. The molecule has 0 saturated carbocycles. The second kappa shape index (κ2) is 12.4. The SMILES string of the molecule is CC.CC.CC(N)=NC(=O)Cc1ccccc1. The first-order valence-electron chi connectivity index (χ1n) is 6.06. The smallest absolute Gasteiger partial charge is 0.251 e. The van der Waals surface area contributed by atoms with E-state index in [-0.39, 0.29) is 5.91 Å². The third-order valence-electron chi connectivity index (χ3n) is 1.50. The minimum Gasteiger partial charge on any atom is -0.387 e.